The molecule has 1 unspecified atom stereocenters. The molecule has 0 rings (SSSR count). The lowest BCUT2D eigenvalue weighted by atomic mass is 10.2. The summed E-state index contributed by atoms with van der Waals surface area (Å²) in [7, 11) is 1.61. The summed E-state index contributed by atoms with van der Waals surface area (Å²) in [5, 5.41) is 0. The van der Waals surface area contributed by atoms with Crippen LogP contribution in [-0.2, 0) is 42.7 Å². The molecule has 0 saturated carbocycles. The zero-order chi connectivity index (χ0) is 21.7. The van der Waals surface area contributed by atoms with Crippen molar-refractivity contribution in [2.45, 2.75) is 19.4 Å². The second-order valence-electron chi connectivity index (χ2n) is 5.85. The van der Waals surface area contributed by atoms with Crippen LogP contribution in [-0.4, -0.2) is 91.2 Å². The van der Waals surface area contributed by atoms with E-state index in [0.717, 1.165) is 6.08 Å². The van der Waals surface area contributed by atoms with Crippen LogP contribution in [0.5, 0.6) is 0 Å². The summed E-state index contributed by atoms with van der Waals surface area (Å²) in [5.41, 5.74) is 0.344. The van der Waals surface area contributed by atoms with Crippen LogP contribution in [0.2, 0.25) is 0 Å². The van der Waals surface area contributed by atoms with E-state index in [1.807, 2.05) is 0 Å². The molecule has 0 N–H and O–H groups in total. The topological polar surface area (TPSA) is 98.8 Å². The van der Waals surface area contributed by atoms with Gasteiger partial charge in [0, 0.05) is 25.2 Å². The minimum Gasteiger partial charge on any atom is -0.460 e. The van der Waals surface area contributed by atoms with Crippen molar-refractivity contribution in [2.24, 2.45) is 0 Å². The quantitative estimate of drug-likeness (QED) is 0.165. The fourth-order valence-electron chi connectivity index (χ4n) is 1.81. The van der Waals surface area contributed by atoms with Gasteiger partial charge in [0.2, 0.25) is 0 Å². The third-order valence-corrected chi connectivity index (χ3v) is 3.31. The Bertz CT molecular complexity index is 465. The number of esters is 2. The summed E-state index contributed by atoms with van der Waals surface area (Å²) in [6.07, 6.45) is 1.13. The molecule has 0 amide bonds. The van der Waals surface area contributed by atoms with Gasteiger partial charge in [-0.25, -0.2) is 9.59 Å². The van der Waals surface area contributed by atoms with Gasteiger partial charge >= 0.3 is 11.9 Å². The summed E-state index contributed by atoms with van der Waals surface area (Å²) >= 11 is 0. The van der Waals surface area contributed by atoms with E-state index in [0.29, 0.717) is 58.2 Å². The highest BCUT2D eigenvalue weighted by molar-refractivity contribution is 5.87. The highest BCUT2D eigenvalue weighted by Crippen LogP contribution is 2.01. The highest BCUT2D eigenvalue weighted by Gasteiger charge is 2.09. The van der Waals surface area contributed by atoms with Gasteiger partial charge in [-0.1, -0.05) is 13.2 Å². The van der Waals surface area contributed by atoms with Crippen LogP contribution < -0.4 is 0 Å². The van der Waals surface area contributed by atoms with Gasteiger partial charge in [-0.15, -0.1) is 0 Å². The van der Waals surface area contributed by atoms with Gasteiger partial charge < -0.3 is 33.2 Å². The summed E-state index contributed by atoms with van der Waals surface area (Å²) in [6.45, 7) is 12.4. The highest BCUT2D eigenvalue weighted by atomic mass is 16.6. The lowest BCUT2D eigenvalue weighted by Gasteiger charge is -2.12. The molecule has 9 heteroatoms. The Morgan fingerprint density at radius 3 is 2.03 bits per heavy atom. The van der Waals surface area contributed by atoms with Crippen molar-refractivity contribution in [3.8, 4) is 0 Å². The molecule has 0 aromatic carbocycles. The minimum absolute atomic E-state index is 0.124. The molecule has 0 bridgehead atoms. The van der Waals surface area contributed by atoms with Crippen molar-refractivity contribution in [3.63, 3.8) is 0 Å². The van der Waals surface area contributed by atoms with E-state index in [1.54, 1.807) is 14.0 Å². The fourth-order valence-corrected chi connectivity index (χ4v) is 1.81. The molecule has 0 saturated heterocycles. The SMILES string of the molecule is C=CC(=O)OC(C)COCCOCCOC(=O)C(=C)CCOCCOCCOC. The maximum Gasteiger partial charge on any atom is 0.333 e. The Balaban J connectivity index is 3.46. The van der Waals surface area contributed by atoms with Crippen molar-refractivity contribution in [1.29, 1.82) is 0 Å². The summed E-state index contributed by atoms with van der Waals surface area (Å²) in [4.78, 5) is 22.7. The molecule has 0 aliphatic carbocycles. The molecule has 9 nitrogen and oxygen atoms in total. The van der Waals surface area contributed by atoms with Gasteiger partial charge in [0.15, 0.2) is 0 Å². The molecule has 0 aromatic heterocycles. The molecule has 29 heavy (non-hydrogen) atoms. The van der Waals surface area contributed by atoms with E-state index in [1.165, 1.54) is 0 Å². The average Bonchev–Trinajstić information content (AvgIpc) is 2.71. The maximum absolute atomic E-state index is 11.8. The predicted octanol–water partition coefficient (Wildman–Crippen LogP) is 1.31. The third-order valence-electron chi connectivity index (χ3n) is 3.31. The van der Waals surface area contributed by atoms with Gasteiger partial charge in [-0.3, -0.25) is 0 Å². The standard InChI is InChI=1S/C20H34O9/c1-5-19(21)29-18(3)16-27-13-12-26-14-15-28-20(22)17(2)6-7-24-10-11-25-9-8-23-4/h5,18H,1-2,6-16H2,3-4H3. The zero-order valence-corrected chi connectivity index (χ0v) is 17.5. The Morgan fingerprint density at radius 2 is 1.41 bits per heavy atom. The Hall–Kier alpha value is -1.78. The van der Waals surface area contributed by atoms with Crippen LogP contribution in [0.4, 0.5) is 0 Å². The molecular weight excluding hydrogens is 384 g/mol. The van der Waals surface area contributed by atoms with E-state index in [9.17, 15) is 9.59 Å². The van der Waals surface area contributed by atoms with Crippen molar-refractivity contribution >= 4 is 11.9 Å². The number of hydrogen-bond donors (Lipinski definition) is 0. The molecule has 0 spiro atoms. The van der Waals surface area contributed by atoms with Crippen molar-refractivity contribution < 1.29 is 42.7 Å². The van der Waals surface area contributed by atoms with Gasteiger partial charge in [-0.05, 0) is 6.92 Å². The lowest BCUT2D eigenvalue weighted by molar-refractivity contribution is -0.145. The number of hydrogen-bond acceptors (Lipinski definition) is 9. The fraction of sp³-hybridized carbons (Fsp3) is 0.700. The van der Waals surface area contributed by atoms with Gasteiger partial charge in [0.25, 0.3) is 0 Å². The molecule has 0 aliphatic heterocycles. The average molecular weight is 418 g/mol. The largest absolute Gasteiger partial charge is 0.460 e. The Kier molecular flexibility index (Phi) is 18.3. The van der Waals surface area contributed by atoms with Crippen molar-refractivity contribution in [3.05, 3.63) is 24.8 Å². The van der Waals surface area contributed by atoms with Crippen molar-refractivity contribution in [1.82, 2.24) is 0 Å². The number of carbonyl (C=O) groups is 2. The first-order chi connectivity index (χ1) is 14.0. The predicted molar refractivity (Wildman–Crippen MR) is 106 cm³/mol. The van der Waals surface area contributed by atoms with E-state index < -0.39 is 11.9 Å². The van der Waals surface area contributed by atoms with Crippen molar-refractivity contribution in [2.75, 3.05) is 73.2 Å². The van der Waals surface area contributed by atoms with Gasteiger partial charge in [-0.2, -0.15) is 0 Å². The van der Waals surface area contributed by atoms with E-state index in [4.69, 9.17) is 33.2 Å². The van der Waals surface area contributed by atoms with Crippen LogP contribution >= 0.6 is 0 Å². The van der Waals surface area contributed by atoms with E-state index in [-0.39, 0.29) is 25.9 Å². The molecule has 1 atom stereocenters. The first kappa shape index (κ1) is 27.2. The first-order valence-electron chi connectivity index (χ1n) is 9.49. The summed E-state index contributed by atoms with van der Waals surface area (Å²) < 4.78 is 36.1. The second-order valence-corrected chi connectivity index (χ2v) is 5.85. The number of carbonyl (C=O) groups excluding carboxylic acids is 2. The van der Waals surface area contributed by atoms with Crippen LogP contribution in [0.3, 0.4) is 0 Å². The van der Waals surface area contributed by atoms with E-state index in [2.05, 4.69) is 13.2 Å². The molecule has 0 aromatic rings. The molecule has 0 heterocycles. The molecule has 0 radical (unpaired) electrons. The van der Waals surface area contributed by atoms with Gasteiger partial charge in [0.05, 0.1) is 59.5 Å². The monoisotopic (exact) mass is 418 g/mol. The molecule has 0 fully saturated rings. The first-order valence-corrected chi connectivity index (χ1v) is 9.49. The maximum atomic E-state index is 11.8. The summed E-state index contributed by atoms with van der Waals surface area (Å²) in [5.74, 6) is -0.957. The van der Waals surface area contributed by atoms with Crippen LogP contribution in [0.1, 0.15) is 13.3 Å². The Labute approximate surface area is 172 Å². The number of rotatable bonds is 20. The molecule has 168 valence electrons. The molecular formula is C20H34O9. The smallest absolute Gasteiger partial charge is 0.333 e. The number of ether oxygens (including phenoxy) is 7. The van der Waals surface area contributed by atoms with E-state index >= 15 is 0 Å². The molecule has 0 aliphatic rings. The van der Waals surface area contributed by atoms with Crippen LogP contribution in [0, 0.1) is 0 Å². The van der Waals surface area contributed by atoms with Crippen LogP contribution in [0.15, 0.2) is 24.8 Å². The van der Waals surface area contributed by atoms with Crippen LogP contribution in [0.25, 0.3) is 0 Å². The second kappa shape index (κ2) is 19.5. The summed E-state index contributed by atoms with van der Waals surface area (Å²) in [6, 6.07) is 0. The van der Waals surface area contributed by atoms with Gasteiger partial charge in [0.1, 0.15) is 12.7 Å². The number of methoxy groups -OCH3 is 1. The Morgan fingerprint density at radius 1 is 0.862 bits per heavy atom. The third kappa shape index (κ3) is 18.0. The minimum atomic E-state index is -0.487. The zero-order valence-electron chi connectivity index (χ0n) is 17.5. The lowest BCUT2D eigenvalue weighted by Crippen LogP contribution is -2.21. The normalized spacial score (nSPS) is 11.7.